The number of aromatic nitrogens is 1. The molecule has 0 bridgehead atoms. The van der Waals surface area contributed by atoms with Crippen LogP contribution in [0.3, 0.4) is 0 Å². The topological polar surface area (TPSA) is 106 Å². The fourth-order valence-corrected chi connectivity index (χ4v) is 1.87. The zero-order valence-corrected chi connectivity index (χ0v) is 12.9. The zero-order chi connectivity index (χ0) is 17.2. The van der Waals surface area contributed by atoms with Crippen molar-refractivity contribution in [1.82, 2.24) is 15.7 Å². The van der Waals surface area contributed by atoms with Crippen LogP contribution in [0.15, 0.2) is 54.9 Å². The number of benzene rings is 1. The summed E-state index contributed by atoms with van der Waals surface area (Å²) >= 11 is 0. The molecule has 0 aliphatic heterocycles. The van der Waals surface area contributed by atoms with Gasteiger partial charge in [-0.25, -0.2) is 10.6 Å². The summed E-state index contributed by atoms with van der Waals surface area (Å²) in [5.74, 6) is 4.66. The van der Waals surface area contributed by atoms with Gasteiger partial charge >= 0.3 is 6.09 Å². The van der Waals surface area contributed by atoms with E-state index in [1.54, 1.807) is 24.4 Å². The van der Waals surface area contributed by atoms with Crippen LogP contribution in [0.2, 0.25) is 0 Å². The third-order valence-electron chi connectivity index (χ3n) is 3.04. The first kappa shape index (κ1) is 17.2. The number of carbonyl (C=O) groups is 2. The minimum absolute atomic E-state index is 0.219. The average molecular weight is 326 g/mol. The van der Waals surface area contributed by atoms with Crippen molar-refractivity contribution in [1.29, 1.82) is 0 Å². The van der Waals surface area contributed by atoms with Gasteiger partial charge in [-0.3, -0.25) is 15.2 Å². The molecule has 1 aromatic heterocycles. The Morgan fingerprint density at radius 1 is 1.21 bits per heavy atom. The lowest BCUT2D eigenvalue weighted by molar-refractivity contribution is 0.0953. The average Bonchev–Trinajstić information content (AvgIpc) is 2.64. The van der Waals surface area contributed by atoms with Gasteiger partial charge in [-0.1, -0.05) is 42.5 Å². The molecular formula is C17H18N4O3. The van der Waals surface area contributed by atoms with Crippen LogP contribution in [0.4, 0.5) is 4.79 Å². The second-order valence-electron chi connectivity index (χ2n) is 4.83. The van der Waals surface area contributed by atoms with Gasteiger partial charge in [-0.2, -0.15) is 0 Å². The van der Waals surface area contributed by atoms with Crippen LogP contribution in [0.1, 0.15) is 21.5 Å². The Morgan fingerprint density at radius 3 is 2.75 bits per heavy atom. The fraction of sp³-hybridized carbons (Fsp3) is 0.118. The zero-order valence-electron chi connectivity index (χ0n) is 12.9. The normalized spacial score (nSPS) is 10.4. The third kappa shape index (κ3) is 5.54. The second kappa shape index (κ2) is 9.06. The molecule has 7 nitrogen and oxygen atoms in total. The minimum atomic E-state index is -0.502. The highest BCUT2D eigenvalue weighted by molar-refractivity contribution is 5.93. The van der Waals surface area contributed by atoms with Gasteiger partial charge in [-0.05, 0) is 17.2 Å². The standard InChI is InChI=1S/C17H18N4O3/c18-21-16(22)15-9-14(10-19-11-15)7-4-8-20-17(23)24-12-13-5-2-1-3-6-13/h1-7,9-11H,8,12,18H2,(H,20,23)(H,21,22). The van der Waals surface area contributed by atoms with E-state index in [1.807, 2.05) is 35.8 Å². The number of amides is 2. The molecule has 1 aromatic carbocycles. The van der Waals surface area contributed by atoms with Crippen LogP contribution in [0, 0.1) is 0 Å². The van der Waals surface area contributed by atoms with Crippen LogP contribution in [-0.2, 0) is 11.3 Å². The third-order valence-corrected chi connectivity index (χ3v) is 3.04. The summed E-state index contributed by atoms with van der Waals surface area (Å²) in [5, 5.41) is 2.60. The van der Waals surface area contributed by atoms with Crippen molar-refractivity contribution < 1.29 is 14.3 Å². The van der Waals surface area contributed by atoms with Crippen molar-refractivity contribution in [2.24, 2.45) is 5.84 Å². The Kier molecular flexibility index (Phi) is 6.48. The highest BCUT2D eigenvalue weighted by atomic mass is 16.5. The van der Waals surface area contributed by atoms with E-state index >= 15 is 0 Å². The lowest BCUT2D eigenvalue weighted by Gasteiger charge is -2.05. The molecular weight excluding hydrogens is 308 g/mol. The Balaban J connectivity index is 1.76. The van der Waals surface area contributed by atoms with Crippen LogP contribution in [0.5, 0.6) is 0 Å². The van der Waals surface area contributed by atoms with Crippen molar-refractivity contribution in [2.75, 3.05) is 6.54 Å². The molecule has 0 fully saturated rings. The monoisotopic (exact) mass is 326 g/mol. The first-order valence-electron chi connectivity index (χ1n) is 7.26. The number of hydrogen-bond acceptors (Lipinski definition) is 5. The largest absolute Gasteiger partial charge is 0.445 e. The predicted octanol–water partition coefficient (Wildman–Crippen LogP) is 1.62. The molecule has 7 heteroatoms. The number of nitrogen functional groups attached to an aromatic ring is 1. The second-order valence-corrected chi connectivity index (χ2v) is 4.83. The number of alkyl carbamates (subject to hydrolysis) is 1. The van der Waals surface area contributed by atoms with Crippen LogP contribution in [-0.4, -0.2) is 23.5 Å². The van der Waals surface area contributed by atoms with E-state index < -0.39 is 12.0 Å². The number of ether oxygens (including phenoxy) is 1. The highest BCUT2D eigenvalue weighted by Gasteiger charge is 2.03. The molecule has 124 valence electrons. The van der Waals surface area contributed by atoms with Crippen molar-refractivity contribution >= 4 is 18.1 Å². The maximum atomic E-state index is 11.6. The molecule has 24 heavy (non-hydrogen) atoms. The molecule has 0 atom stereocenters. The summed E-state index contributed by atoms with van der Waals surface area (Å²) in [6.07, 6.45) is 5.97. The van der Waals surface area contributed by atoms with Crippen molar-refractivity contribution in [2.45, 2.75) is 6.61 Å². The summed E-state index contributed by atoms with van der Waals surface area (Å²) in [5.41, 5.74) is 4.04. The highest BCUT2D eigenvalue weighted by Crippen LogP contribution is 2.04. The van der Waals surface area contributed by atoms with Gasteiger partial charge in [0.25, 0.3) is 5.91 Å². The quantitative estimate of drug-likeness (QED) is 0.425. The van der Waals surface area contributed by atoms with Crippen LogP contribution >= 0.6 is 0 Å². The lowest BCUT2D eigenvalue weighted by atomic mass is 10.2. The Bertz CT molecular complexity index is 717. The molecule has 0 saturated carbocycles. The summed E-state index contributed by atoms with van der Waals surface area (Å²) in [6.45, 7) is 0.511. The van der Waals surface area contributed by atoms with E-state index in [2.05, 4.69) is 10.3 Å². The molecule has 2 amide bonds. The lowest BCUT2D eigenvalue weighted by Crippen LogP contribution is -2.30. The maximum Gasteiger partial charge on any atom is 0.407 e. The maximum absolute atomic E-state index is 11.6. The van der Waals surface area contributed by atoms with Crippen LogP contribution < -0.4 is 16.6 Å². The van der Waals surface area contributed by atoms with Crippen molar-refractivity contribution in [3.8, 4) is 0 Å². The predicted molar refractivity (Wildman–Crippen MR) is 89.6 cm³/mol. The molecule has 0 aliphatic rings. The van der Waals surface area contributed by atoms with Crippen molar-refractivity contribution in [3.05, 3.63) is 71.6 Å². The van der Waals surface area contributed by atoms with E-state index in [0.29, 0.717) is 12.1 Å². The molecule has 0 aliphatic carbocycles. The number of hydrogen-bond donors (Lipinski definition) is 3. The minimum Gasteiger partial charge on any atom is -0.445 e. The molecule has 0 saturated heterocycles. The smallest absolute Gasteiger partial charge is 0.407 e. The van der Waals surface area contributed by atoms with E-state index in [-0.39, 0.29) is 6.61 Å². The van der Waals surface area contributed by atoms with Gasteiger partial charge in [0.15, 0.2) is 0 Å². The fourth-order valence-electron chi connectivity index (χ4n) is 1.87. The molecule has 1 heterocycles. The van der Waals surface area contributed by atoms with Crippen LogP contribution in [0.25, 0.3) is 6.08 Å². The summed E-state index contributed by atoms with van der Waals surface area (Å²) in [7, 11) is 0. The van der Waals surface area contributed by atoms with Gasteiger partial charge in [-0.15, -0.1) is 0 Å². The molecule has 0 spiro atoms. The van der Waals surface area contributed by atoms with Gasteiger partial charge in [0.1, 0.15) is 6.61 Å². The van der Waals surface area contributed by atoms with E-state index in [9.17, 15) is 9.59 Å². The number of nitrogens with zero attached hydrogens (tertiary/aromatic N) is 1. The first-order valence-corrected chi connectivity index (χ1v) is 7.26. The Labute approximate surface area is 139 Å². The van der Waals surface area contributed by atoms with Gasteiger partial charge < -0.3 is 10.1 Å². The SMILES string of the molecule is NNC(=O)c1cncc(C=CCNC(=O)OCc2ccccc2)c1. The molecule has 2 aromatic rings. The number of pyridine rings is 1. The van der Waals surface area contributed by atoms with E-state index in [1.165, 1.54) is 6.20 Å². The number of hydrazine groups is 1. The van der Waals surface area contributed by atoms with E-state index in [4.69, 9.17) is 10.6 Å². The molecule has 4 N–H and O–H groups in total. The molecule has 0 radical (unpaired) electrons. The number of nitrogens with two attached hydrogens (primary N) is 1. The Morgan fingerprint density at radius 2 is 2.00 bits per heavy atom. The van der Waals surface area contributed by atoms with Crippen molar-refractivity contribution in [3.63, 3.8) is 0 Å². The number of rotatable bonds is 6. The summed E-state index contributed by atoms with van der Waals surface area (Å²) < 4.78 is 5.08. The van der Waals surface area contributed by atoms with Gasteiger partial charge in [0.05, 0.1) is 5.56 Å². The Hall–Kier alpha value is -3.19. The first-order chi connectivity index (χ1) is 11.7. The number of carbonyl (C=O) groups excluding carboxylic acids is 2. The van der Waals surface area contributed by atoms with E-state index in [0.717, 1.165) is 11.1 Å². The summed E-state index contributed by atoms with van der Waals surface area (Å²) in [6, 6.07) is 11.1. The van der Waals surface area contributed by atoms with Gasteiger partial charge in [0, 0.05) is 18.9 Å². The molecule has 2 rings (SSSR count). The molecule has 0 unspecified atom stereocenters. The van der Waals surface area contributed by atoms with Gasteiger partial charge in [0.2, 0.25) is 0 Å². The summed E-state index contributed by atoms with van der Waals surface area (Å²) in [4.78, 5) is 26.9. The number of nitrogens with one attached hydrogen (secondary N) is 2.